The van der Waals surface area contributed by atoms with Crippen molar-refractivity contribution in [1.29, 1.82) is 0 Å². The number of rotatable bonds is 7. The lowest BCUT2D eigenvalue weighted by atomic mass is 10.0. The highest BCUT2D eigenvalue weighted by molar-refractivity contribution is 5.84. The van der Waals surface area contributed by atoms with Crippen LogP contribution < -0.4 is 19.6 Å². The van der Waals surface area contributed by atoms with Gasteiger partial charge >= 0.3 is 5.97 Å². The Morgan fingerprint density at radius 1 is 1.00 bits per heavy atom. The molecule has 0 N–H and O–H groups in total. The van der Waals surface area contributed by atoms with Gasteiger partial charge in [0.2, 0.25) is 5.43 Å². The van der Waals surface area contributed by atoms with Gasteiger partial charge in [0, 0.05) is 18.6 Å². The van der Waals surface area contributed by atoms with Gasteiger partial charge < -0.3 is 23.2 Å². The lowest BCUT2D eigenvalue weighted by molar-refractivity contribution is -0.134. The van der Waals surface area contributed by atoms with Crippen LogP contribution in [-0.2, 0) is 11.2 Å². The van der Waals surface area contributed by atoms with E-state index in [-0.39, 0.29) is 17.6 Å². The first-order valence-electron chi connectivity index (χ1n) is 9.90. The summed E-state index contributed by atoms with van der Waals surface area (Å²) in [6.07, 6.45) is 0.415. The van der Waals surface area contributed by atoms with E-state index in [1.807, 2.05) is 12.1 Å². The maximum Gasteiger partial charge on any atom is 0.311 e. The highest BCUT2D eigenvalue weighted by Gasteiger charge is 2.15. The Labute approximate surface area is 183 Å². The van der Waals surface area contributed by atoms with Crippen molar-refractivity contribution in [3.63, 3.8) is 0 Å². The van der Waals surface area contributed by atoms with Gasteiger partial charge in [-0.25, -0.2) is 0 Å². The Kier molecular flexibility index (Phi) is 5.93. The quantitative estimate of drug-likeness (QED) is 0.313. The molecule has 0 radical (unpaired) electrons. The molecular formula is C24H21NO7. The van der Waals surface area contributed by atoms with E-state index in [1.165, 1.54) is 13.2 Å². The molecule has 0 amide bonds. The second-order valence-corrected chi connectivity index (χ2v) is 7.06. The fourth-order valence-electron chi connectivity index (χ4n) is 3.36. The summed E-state index contributed by atoms with van der Waals surface area (Å²) < 4.78 is 26.5. The molecule has 0 saturated carbocycles. The molecule has 4 aromatic rings. The van der Waals surface area contributed by atoms with Crippen molar-refractivity contribution < 1.29 is 27.9 Å². The van der Waals surface area contributed by atoms with Crippen LogP contribution in [0.15, 0.2) is 62.3 Å². The van der Waals surface area contributed by atoms with E-state index in [0.717, 1.165) is 5.56 Å². The molecule has 0 unspecified atom stereocenters. The molecule has 0 atom stereocenters. The number of aryl methyl sites for hydroxylation is 2. The molecule has 0 aliphatic rings. The number of benzene rings is 2. The Balaban J connectivity index is 1.53. The highest BCUT2D eigenvalue weighted by atomic mass is 16.5. The Bertz CT molecular complexity index is 1320. The summed E-state index contributed by atoms with van der Waals surface area (Å²) in [7, 11) is 3.07. The summed E-state index contributed by atoms with van der Waals surface area (Å²) in [6.45, 7) is 1.73. The zero-order chi connectivity index (χ0) is 22.7. The summed E-state index contributed by atoms with van der Waals surface area (Å²) in [5, 5.41) is 4.09. The molecule has 0 fully saturated rings. The number of methoxy groups -OCH3 is 2. The molecule has 0 spiro atoms. The molecule has 0 bridgehead atoms. The van der Waals surface area contributed by atoms with Gasteiger partial charge in [-0.1, -0.05) is 12.1 Å². The van der Waals surface area contributed by atoms with Crippen LogP contribution in [0.1, 0.15) is 17.9 Å². The summed E-state index contributed by atoms with van der Waals surface area (Å²) in [5.74, 6) is 1.87. The van der Waals surface area contributed by atoms with Crippen LogP contribution in [0.3, 0.4) is 0 Å². The van der Waals surface area contributed by atoms with Gasteiger partial charge in [0.1, 0.15) is 28.6 Å². The van der Waals surface area contributed by atoms with Crippen LogP contribution in [-0.4, -0.2) is 25.3 Å². The smallest absolute Gasteiger partial charge is 0.311 e. The van der Waals surface area contributed by atoms with Gasteiger partial charge in [-0.15, -0.1) is 0 Å². The van der Waals surface area contributed by atoms with E-state index < -0.39 is 5.97 Å². The Morgan fingerprint density at radius 2 is 1.75 bits per heavy atom. The van der Waals surface area contributed by atoms with Gasteiger partial charge in [0.15, 0.2) is 0 Å². The third-order valence-corrected chi connectivity index (χ3v) is 4.97. The highest BCUT2D eigenvalue weighted by Crippen LogP contribution is 2.27. The fraction of sp³-hybridized carbons (Fsp3) is 0.208. The minimum atomic E-state index is -0.450. The van der Waals surface area contributed by atoms with Crippen LogP contribution in [0, 0.1) is 6.92 Å². The number of fused-ring (bicyclic) bond motifs is 1. The first-order chi connectivity index (χ1) is 15.5. The molecule has 2 aromatic heterocycles. The minimum absolute atomic E-state index is 0.0930. The number of carbonyl (C=O) groups is 1. The number of esters is 1. The minimum Gasteiger partial charge on any atom is -0.497 e. The van der Waals surface area contributed by atoms with Gasteiger partial charge in [-0.2, -0.15) is 0 Å². The van der Waals surface area contributed by atoms with Crippen molar-refractivity contribution in [2.75, 3.05) is 14.2 Å². The van der Waals surface area contributed by atoms with Crippen molar-refractivity contribution in [3.05, 3.63) is 70.3 Å². The molecule has 164 valence electrons. The Morgan fingerprint density at radius 3 is 2.44 bits per heavy atom. The normalized spacial score (nSPS) is 10.8. The topological polar surface area (TPSA) is 101 Å². The van der Waals surface area contributed by atoms with Crippen molar-refractivity contribution in [2.24, 2.45) is 0 Å². The zero-order valence-corrected chi connectivity index (χ0v) is 17.8. The first kappa shape index (κ1) is 21.2. The van der Waals surface area contributed by atoms with Crippen LogP contribution in [0.4, 0.5) is 0 Å². The molecule has 0 aliphatic carbocycles. The van der Waals surface area contributed by atoms with Crippen molar-refractivity contribution >= 4 is 16.9 Å². The van der Waals surface area contributed by atoms with Crippen molar-refractivity contribution in [3.8, 4) is 28.5 Å². The number of carbonyl (C=O) groups excluding carboxylic acids is 1. The first-order valence-corrected chi connectivity index (χ1v) is 9.90. The van der Waals surface area contributed by atoms with E-state index in [1.54, 1.807) is 44.4 Å². The third-order valence-electron chi connectivity index (χ3n) is 4.97. The van der Waals surface area contributed by atoms with Gasteiger partial charge in [-0.3, -0.25) is 9.59 Å². The van der Waals surface area contributed by atoms with Gasteiger partial charge in [0.25, 0.3) is 5.88 Å². The molecule has 8 nitrogen and oxygen atoms in total. The summed E-state index contributed by atoms with van der Waals surface area (Å²) in [4.78, 5) is 25.3. The molecule has 32 heavy (non-hydrogen) atoms. The van der Waals surface area contributed by atoms with Crippen LogP contribution in [0.5, 0.6) is 17.4 Å². The molecule has 0 aliphatic heterocycles. The maximum atomic E-state index is 13.1. The average molecular weight is 435 g/mol. The SMILES string of the molecule is COc1ccc(-c2c(C)oc3cc(OC(=O)CCc4cc(OC)no4)ccc3c2=O)cc1. The Hall–Kier alpha value is -4.07. The standard InChI is InChI=1S/C24H21NO7/c1-14-23(15-4-6-16(28-2)7-5-15)24(27)19-10-8-17(12-20(19)30-14)31-22(26)11-9-18-13-21(29-3)25-32-18/h4-8,10,12-13H,9,11H2,1-3H3. The number of hydrogen-bond donors (Lipinski definition) is 0. The van der Waals surface area contributed by atoms with E-state index in [0.29, 0.717) is 46.1 Å². The van der Waals surface area contributed by atoms with E-state index in [2.05, 4.69) is 5.16 Å². The predicted octanol–water partition coefficient (Wildman–Crippen LogP) is 4.31. The summed E-state index contributed by atoms with van der Waals surface area (Å²) in [5.41, 5.74) is 1.40. The molecule has 4 rings (SSSR count). The third kappa shape index (κ3) is 4.34. The summed E-state index contributed by atoms with van der Waals surface area (Å²) >= 11 is 0. The average Bonchev–Trinajstić information content (AvgIpc) is 3.26. The van der Waals surface area contributed by atoms with Crippen molar-refractivity contribution in [2.45, 2.75) is 19.8 Å². The largest absolute Gasteiger partial charge is 0.497 e. The molecule has 2 heterocycles. The van der Waals surface area contributed by atoms with Crippen LogP contribution in [0.2, 0.25) is 0 Å². The molecule has 2 aromatic carbocycles. The zero-order valence-electron chi connectivity index (χ0n) is 17.8. The van der Waals surface area contributed by atoms with E-state index in [9.17, 15) is 9.59 Å². The van der Waals surface area contributed by atoms with Gasteiger partial charge in [-0.05, 0) is 41.9 Å². The molecule has 0 saturated heterocycles. The number of hydrogen-bond acceptors (Lipinski definition) is 8. The fourth-order valence-corrected chi connectivity index (χ4v) is 3.36. The number of aromatic nitrogens is 1. The monoisotopic (exact) mass is 435 g/mol. The number of ether oxygens (including phenoxy) is 3. The number of nitrogens with zero attached hydrogens (tertiary/aromatic N) is 1. The predicted molar refractivity (Wildman–Crippen MR) is 116 cm³/mol. The van der Waals surface area contributed by atoms with Gasteiger partial charge in [0.05, 0.1) is 31.6 Å². The second kappa shape index (κ2) is 8.97. The lowest BCUT2D eigenvalue weighted by Crippen LogP contribution is -2.10. The van der Waals surface area contributed by atoms with Crippen LogP contribution >= 0.6 is 0 Å². The molecular weight excluding hydrogens is 414 g/mol. The second-order valence-electron chi connectivity index (χ2n) is 7.06. The summed E-state index contributed by atoms with van der Waals surface area (Å²) in [6, 6.07) is 13.5. The van der Waals surface area contributed by atoms with E-state index in [4.69, 9.17) is 23.2 Å². The van der Waals surface area contributed by atoms with E-state index >= 15 is 0 Å². The molecule has 8 heteroatoms. The van der Waals surface area contributed by atoms with Crippen LogP contribution in [0.25, 0.3) is 22.1 Å². The van der Waals surface area contributed by atoms with Crippen molar-refractivity contribution in [1.82, 2.24) is 5.16 Å². The lowest BCUT2D eigenvalue weighted by Gasteiger charge is -2.09. The maximum absolute atomic E-state index is 13.1.